The molecule has 1 aromatic rings. The van der Waals surface area contributed by atoms with Gasteiger partial charge in [0.15, 0.2) is 0 Å². The van der Waals surface area contributed by atoms with Crippen LogP contribution >= 0.6 is 0 Å². The highest BCUT2D eigenvalue weighted by molar-refractivity contribution is 5.80. The first-order chi connectivity index (χ1) is 9.12. The van der Waals surface area contributed by atoms with Crippen molar-refractivity contribution in [3.63, 3.8) is 0 Å². The number of methoxy groups -OCH3 is 1. The molecule has 0 aliphatic carbocycles. The van der Waals surface area contributed by atoms with Gasteiger partial charge in [0.2, 0.25) is 5.91 Å². The summed E-state index contributed by atoms with van der Waals surface area (Å²) in [5.74, 6) is 0.403. The van der Waals surface area contributed by atoms with E-state index in [0.29, 0.717) is 6.54 Å². The number of primary amides is 1. The Kier molecular flexibility index (Phi) is 6.15. The molecule has 1 rings (SSSR count). The molecule has 0 unspecified atom stereocenters. The molecule has 0 aliphatic rings. The number of carbonyl (C=O) groups excluding carboxylic acids is 1. The molecule has 0 spiro atoms. The molecule has 5 heteroatoms. The third-order valence-electron chi connectivity index (χ3n) is 2.98. The van der Waals surface area contributed by atoms with Gasteiger partial charge >= 0.3 is 0 Å². The maximum atomic E-state index is 11.2. The van der Waals surface area contributed by atoms with Crippen LogP contribution in [0.1, 0.15) is 25.3 Å². The Morgan fingerprint density at radius 2 is 2.16 bits per heavy atom. The smallest absolute Gasteiger partial charge is 0.236 e. The van der Waals surface area contributed by atoms with Crippen molar-refractivity contribution in [2.24, 2.45) is 11.5 Å². The van der Waals surface area contributed by atoms with Gasteiger partial charge in [-0.05, 0) is 18.1 Å². The van der Waals surface area contributed by atoms with Gasteiger partial charge in [0.05, 0.1) is 13.7 Å². The minimum Gasteiger partial charge on any atom is -0.497 e. The van der Waals surface area contributed by atoms with Gasteiger partial charge in [-0.15, -0.1) is 0 Å². The molecule has 0 saturated heterocycles. The van der Waals surface area contributed by atoms with E-state index in [1.165, 1.54) is 0 Å². The van der Waals surface area contributed by atoms with Crippen molar-refractivity contribution in [2.75, 3.05) is 25.1 Å². The molecule has 106 valence electrons. The quantitative estimate of drug-likeness (QED) is 0.741. The van der Waals surface area contributed by atoms with E-state index in [2.05, 4.69) is 6.92 Å². The zero-order valence-corrected chi connectivity index (χ0v) is 11.7. The summed E-state index contributed by atoms with van der Waals surface area (Å²) in [5.41, 5.74) is 13.0. The number of rotatable bonds is 8. The third kappa shape index (κ3) is 4.44. The Bertz CT molecular complexity index is 421. The van der Waals surface area contributed by atoms with Crippen molar-refractivity contribution in [3.05, 3.63) is 23.8 Å². The van der Waals surface area contributed by atoms with E-state index in [0.717, 1.165) is 36.4 Å². The van der Waals surface area contributed by atoms with Crippen molar-refractivity contribution < 1.29 is 9.53 Å². The topological polar surface area (TPSA) is 81.6 Å². The molecule has 5 nitrogen and oxygen atoms in total. The molecule has 0 fully saturated rings. The van der Waals surface area contributed by atoms with Crippen LogP contribution in [0.15, 0.2) is 18.2 Å². The largest absolute Gasteiger partial charge is 0.497 e. The Labute approximate surface area is 114 Å². The van der Waals surface area contributed by atoms with Gasteiger partial charge in [0.1, 0.15) is 5.75 Å². The zero-order valence-electron chi connectivity index (χ0n) is 11.7. The predicted octanol–water partition coefficient (Wildman–Crippen LogP) is 1.25. The van der Waals surface area contributed by atoms with Crippen LogP contribution < -0.4 is 21.1 Å². The van der Waals surface area contributed by atoms with Crippen LogP contribution in [-0.4, -0.2) is 26.1 Å². The summed E-state index contributed by atoms with van der Waals surface area (Å²) >= 11 is 0. The molecule has 0 radical (unpaired) electrons. The number of amides is 1. The van der Waals surface area contributed by atoms with Crippen LogP contribution in [0.4, 0.5) is 5.69 Å². The number of hydrogen-bond acceptors (Lipinski definition) is 4. The fraction of sp³-hybridized carbons (Fsp3) is 0.500. The Morgan fingerprint density at radius 3 is 2.68 bits per heavy atom. The average molecular weight is 265 g/mol. The second-order valence-electron chi connectivity index (χ2n) is 4.44. The molecule has 0 aliphatic heterocycles. The van der Waals surface area contributed by atoms with Gasteiger partial charge in [-0.3, -0.25) is 4.79 Å². The molecule has 0 bridgehead atoms. The van der Waals surface area contributed by atoms with E-state index >= 15 is 0 Å². The third-order valence-corrected chi connectivity index (χ3v) is 2.98. The normalized spacial score (nSPS) is 10.3. The van der Waals surface area contributed by atoms with Gasteiger partial charge in [-0.1, -0.05) is 19.4 Å². The maximum Gasteiger partial charge on any atom is 0.236 e. The number of nitrogens with zero attached hydrogens (tertiary/aromatic N) is 1. The number of nitrogens with two attached hydrogens (primary N) is 2. The summed E-state index contributed by atoms with van der Waals surface area (Å²) in [6, 6.07) is 5.70. The van der Waals surface area contributed by atoms with Crippen molar-refractivity contribution in [1.29, 1.82) is 0 Å². The van der Waals surface area contributed by atoms with Gasteiger partial charge in [0.25, 0.3) is 0 Å². The Hall–Kier alpha value is -1.75. The summed E-state index contributed by atoms with van der Waals surface area (Å²) < 4.78 is 5.23. The molecule has 0 saturated carbocycles. The van der Waals surface area contributed by atoms with E-state index in [9.17, 15) is 4.79 Å². The van der Waals surface area contributed by atoms with Crippen LogP contribution in [0.3, 0.4) is 0 Å². The molecule has 0 atom stereocenters. The number of anilines is 1. The first-order valence-corrected chi connectivity index (χ1v) is 6.52. The van der Waals surface area contributed by atoms with Crippen molar-refractivity contribution in [3.8, 4) is 5.75 Å². The lowest BCUT2D eigenvalue weighted by molar-refractivity contribution is -0.116. The van der Waals surface area contributed by atoms with Crippen LogP contribution in [0.5, 0.6) is 5.75 Å². The second-order valence-corrected chi connectivity index (χ2v) is 4.44. The molecule has 1 amide bonds. The lowest BCUT2D eigenvalue weighted by Gasteiger charge is -2.26. The number of ether oxygens (including phenoxy) is 1. The summed E-state index contributed by atoms with van der Waals surface area (Å²) in [7, 11) is 1.62. The van der Waals surface area contributed by atoms with Crippen LogP contribution in [0, 0.1) is 0 Å². The molecule has 1 aromatic carbocycles. The second kappa shape index (κ2) is 7.63. The van der Waals surface area contributed by atoms with E-state index in [1.807, 2.05) is 23.1 Å². The van der Waals surface area contributed by atoms with E-state index in [4.69, 9.17) is 16.2 Å². The van der Waals surface area contributed by atoms with E-state index in [1.54, 1.807) is 7.11 Å². The van der Waals surface area contributed by atoms with Crippen molar-refractivity contribution in [1.82, 2.24) is 0 Å². The Morgan fingerprint density at radius 1 is 1.42 bits per heavy atom. The lowest BCUT2D eigenvalue weighted by atomic mass is 10.1. The summed E-state index contributed by atoms with van der Waals surface area (Å²) in [5, 5.41) is 0. The summed E-state index contributed by atoms with van der Waals surface area (Å²) in [4.78, 5) is 13.2. The van der Waals surface area contributed by atoms with Crippen LogP contribution in [0.2, 0.25) is 0 Å². The van der Waals surface area contributed by atoms with Crippen LogP contribution in [-0.2, 0) is 11.3 Å². The minimum atomic E-state index is -0.345. The standard InChI is InChI=1S/C14H23N3O2/c1-3-4-7-17(10-14(16)18)13-8-12(19-2)6-5-11(13)9-15/h5-6,8H,3-4,7,9-10,15H2,1-2H3,(H2,16,18). The number of carbonyl (C=O) groups is 1. The zero-order chi connectivity index (χ0) is 14.3. The fourth-order valence-corrected chi connectivity index (χ4v) is 1.96. The first-order valence-electron chi connectivity index (χ1n) is 6.52. The average Bonchev–Trinajstić information content (AvgIpc) is 2.42. The highest BCUT2D eigenvalue weighted by Crippen LogP contribution is 2.26. The van der Waals surface area contributed by atoms with Gasteiger partial charge in [-0.2, -0.15) is 0 Å². The SMILES string of the molecule is CCCCN(CC(N)=O)c1cc(OC)ccc1CN. The number of unbranched alkanes of at least 4 members (excludes halogenated alkanes) is 1. The monoisotopic (exact) mass is 265 g/mol. The lowest BCUT2D eigenvalue weighted by Crippen LogP contribution is -2.35. The highest BCUT2D eigenvalue weighted by Gasteiger charge is 2.13. The van der Waals surface area contributed by atoms with Crippen molar-refractivity contribution >= 4 is 11.6 Å². The molecule has 4 N–H and O–H groups in total. The fourth-order valence-electron chi connectivity index (χ4n) is 1.96. The molecule has 0 heterocycles. The van der Waals surface area contributed by atoms with E-state index < -0.39 is 0 Å². The van der Waals surface area contributed by atoms with Crippen molar-refractivity contribution in [2.45, 2.75) is 26.3 Å². The summed E-state index contributed by atoms with van der Waals surface area (Å²) in [6.07, 6.45) is 2.05. The first kappa shape index (κ1) is 15.3. The number of benzene rings is 1. The van der Waals surface area contributed by atoms with Crippen LogP contribution in [0.25, 0.3) is 0 Å². The van der Waals surface area contributed by atoms with Gasteiger partial charge in [-0.25, -0.2) is 0 Å². The van der Waals surface area contributed by atoms with Gasteiger partial charge < -0.3 is 21.1 Å². The van der Waals surface area contributed by atoms with Gasteiger partial charge in [0, 0.05) is 24.8 Å². The molecular formula is C14H23N3O2. The molecule has 19 heavy (non-hydrogen) atoms. The molecular weight excluding hydrogens is 242 g/mol. The minimum absolute atomic E-state index is 0.195. The highest BCUT2D eigenvalue weighted by atomic mass is 16.5. The predicted molar refractivity (Wildman–Crippen MR) is 77.2 cm³/mol. The molecule has 0 aromatic heterocycles. The maximum absolute atomic E-state index is 11.2. The summed E-state index contributed by atoms with van der Waals surface area (Å²) in [6.45, 7) is 3.50. The van der Waals surface area contributed by atoms with E-state index in [-0.39, 0.29) is 12.5 Å². The number of hydrogen-bond donors (Lipinski definition) is 2. The Balaban J connectivity index is 3.06.